The van der Waals surface area contributed by atoms with Gasteiger partial charge in [0, 0.05) is 32.2 Å². The van der Waals surface area contributed by atoms with Crippen molar-refractivity contribution in [2.75, 3.05) is 45.9 Å². The first-order valence-electron chi connectivity index (χ1n) is 10.0. The molecule has 136 valence electrons. The molecule has 3 saturated heterocycles. The molecule has 24 heavy (non-hydrogen) atoms. The summed E-state index contributed by atoms with van der Waals surface area (Å²) in [6.45, 7) is 6.87. The Morgan fingerprint density at radius 3 is 2.58 bits per heavy atom. The van der Waals surface area contributed by atoms with Crippen LogP contribution in [0, 0.1) is 11.3 Å². The minimum absolute atomic E-state index is 0.0285. The Labute approximate surface area is 145 Å². The number of rotatable bonds is 5. The predicted octanol–water partition coefficient (Wildman–Crippen LogP) is 2.25. The quantitative estimate of drug-likeness (QED) is 0.772. The van der Waals surface area contributed by atoms with Gasteiger partial charge in [0.25, 0.3) is 0 Å². The molecule has 4 rings (SSSR count). The summed E-state index contributed by atoms with van der Waals surface area (Å²) in [6, 6.07) is 0. The number of ether oxygens (including phenoxy) is 2. The SMILES string of the molecule is O=C([C@@H]1CC12CCN(CCO[C@@H]1CCCCO1)CC2)N1CCCC1. The van der Waals surface area contributed by atoms with E-state index in [1.165, 1.54) is 38.5 Å². The normalized spacial score (nSPS) is 33.1. The second kappa shape index (κ2) is 7.30. The average Bonchev–Trinajstić information content (AvgIpc) is 3.06. The average molecular weight is 336 g/mol. The van der Waals surface area contributed by atoms with Crippen LogP contribution in [0.5, 0.6) is 0 Å². The Hall–Kier alpha value is -0.650. The van der Waals surface area contributed by atoms with Crippen molar-refractivity contribution in [3.05, 3.63) is 0 Å². The lowest BCUT2D eigenvalue weighted by Gasteiger charge is -2.33. The summed E-state index contributed by atoms with van der Waals surface area (Å²) in [5.41, 5.74) is 0.351. The first-order valence-corrected chi connectivity index (χ1v) is 10.0. The highest BCUT2D eigenvalue weighted by molar-refractivity contribution is 5.83. The fraction of sp³-hybridized carbons (Fsp3) is 0.947. The van der Waals surface area contributed by atoms with E-state index in [0.29, 0.717) is 17.2 Å². The molecule has 5 nitrogen and oxygen atoms in total. The molecular weight excluding hydrogens is 304 g/mol. The third-order valence-corrected chi connectivity index (χ3v) is 6.61. The molecule has 4 fully saturated rings. The van der Waals surface area contributed by atoms with Gasteiger partial charge in [0.1, 0.15) is 0 Å². The van der Waals surface area contributed by atoms with Crippen molar-refractivity contribution < 1.29 is 14.3 Å². The Bertz CT molecular complexity index is 436. The minimum Gasteiger partial charge on any atom is -0.353 e. The van der Waals surface area contributed by atoms with Crippen molar-refractivity contribution in [3.63, 3.8) is 0 Å². The lowest BCUT2D eigenvalue weighted by atomic mass is 9.90. The highest BCUT2D eigenvalue weighted by Crippen LogP contribution is 2.60. The molecule has 5 heteroatoms. The van der Waals surface area contributed by atoms with Crippen LogP contribution in [0.1, 0.15) is 51.4 Å². The number of hydrogen-bond acceptors (Lipinski definition) is 4. The molecule has 3 heterocycles. The van der Waals surface area contributed by atoms with Gasteiger partial charge in [0.15, 0.2) is 6.29 Å². The first kappa shape index (κ1) is 16.8. The summed E-state index contributed by atoms with van der Waals surface area (Å²) < 4.78 is 11.5. The van der Waals surface area contributed by atoms with Crippen LogP contribution in [0.25, 0.3) is 0 Å². The van der Waals surface area contributed by atoms with Crippen LogP contribution in [0.15, 0.2) is 0 Å². The molecular formula is C19H32N2O3. The summed E-state index contributed by atoms with van der Waals surface area (Å²) in [5, 5.41) is 0. The van der Waals surface area contributed by atoms with Crippen molar-refractivity contribution in [2.24, 2.45) is 11.3 Å². The van der Waals surface area contributed by atoms with E-state index in [1.807, 2.05) is 0 Å². The zero-order valence-electron chi connectivity index (χ0n) is 14.9. The highest BCUT2D eigenvalue weighted by Gasteiger charge is 2.59. The first-order chi connectivity index (χ1) is 11.8. The van der Waals surface area contributed by atoms with Gasteiger partial charge in [-0.05, 0) is 69.9 Å². The van der Waals surface area contributed by atoms with Crippen LogP contribution < -0.4 is 0 Å². The molecule has 2 atom stereocenters. The monoisotopic (exact) mass is 336 g/mol. The van der Waals surface area contributed by atoms with E-state index in [-0.39, 0.29) is 6.29 Å². The number of piperidine rings is 1. The van der Waals surface area contributed by atoms with Gasteiger partial charge in [-0.3, -0.25) is 4.79 Å². The number of hydrogen-bond donors (Lipinski definition) is 0. The summed E-state index contributed by atoms with van der Waals surface area (Å²) >= 11 is 0. The van der Waals surface area contributed by atoms with E-state index >= 15 is 0 Å². The molecule has 1 aliphatic carbocycles. The van der Waals surface area contributed by atoms with Gasteiger partial charge >= 0.3 is 0 Å². The van der Waals surface area contributed by atoms with Gasteiger partial charge in [-0.25, -0.2) is 0 Å². The van der Waals surface area contributed by atoms with Crippen molar-refractivity contribution in [1.29, 1.82) is 0 Å². The van der Waals surface area contributed by atoms with Crippen molar-refractivity contribution in [1.82, 2.24) is 9.80 Å². The van der Waals surface area contributed by atoms with Gasteiger partial charge in [0.2, 0.25) is 5.91 Å². The molecule has 0 unspecified atom stereocenters. The number of carbonyl (C=O) groups excluding carboxylic acids is 1. The molecule has 1 spiro atoms. The van der Waals surface area contributed by atoms with E-state index < -0.39 is 0 Å². The van der Waals surface area contributed by atoms with E-state index in [2.05, 4.69) is 9.80 Å². The zero-order chi connectivity index (χ0) is 16.4. The largest absolute Gasteiger partial charge is 0.353 e. The zero-order valence-corrected chi connectivity index (χ0v) is 14.9. The van der Waals surface area contributed by atoms with Gasteiger partial charge in [-0.1, -0.05) is 0 Å². The molecule has 1 saturated carbocycles. The molecule has 0 radical (unpaired) electrons. The number of likely N-dealkylation sites (tertiary alicyclic amines) is 2. The fourth-order valence-corrected chi connectivity index (χ4v) is 4.79. The predicted molar refractivity (Wildman–Crippen MR) is 91.6 cm³/mol. The van der Waals surface area contributed by atoms with Crippen molar-refractivity contribution in [3.8, 4) is 0 Å². The molecule has 1 amide bonds. The third kappa shape index (κ3) is 3.63. The van der Waals surface area contributed by atoms with Gasteiger partial charge in [-0.2, -0.15) is 0 Å². The lowest BCUT2D eigenvalue weighted by molar-refractivity contribution is -0.164. The maximum absolute atomic E-state index is 12.6. The van der Waals surface area contributed by atoms with Crippen LogP contribution in [0.4, 0.5) is 0 Å². The van der Waals surface area contributed by atoms with Gasteiger partial charge in [0.05, 0.1) is 6.61 Å². The fourth-order valence-electron chi connectivity index (χ4n) is 4.79. The molecule has 0 aromatic heterocycles. The van der Waals surface area contributed by atoms with Crippen LogP contribution in [-0.4, -0.2) is 67.9 Å². The van der Waals surface area contributed by atoms with E-state index in [0.717, 1.165) is 58.8 Å². The summed E-state index contributed by atoms with van der Waals surface area (Å²) in [5.74, 6) is 0.795. The van der Waals surface area contributed by atoms with Crippen LogP contribution in [-0.2, 0) is 14.3 Å². The minimum atomic E-state index is 0.0285. The number of nitrogens with zero attached hydrogens (tertiary/aromatic N) is 2. The Kier molecular flexibility index (Phi) is 5.11. The molecule has 0 aromatic rings. The van der Waals surface area contributed by atoms with Gasteiger partial charge < -0.3 is 19.3 Å². The summed E-state index contributed by atoms with van der Waals surface area (Å²) in [7, 11) is 0. The molecule has 0 aromatic carbocycles. The summed E-state index contributed by atoms with van der Waals surface area (Å²) in [6.07, 6.45) is 9.39. The smallest absolute Gasteiger partial charge is 0.226 e. The molecule has 3 aliphatic heterocycles. The van der Waals surface area contributed by atoms with E-state index in [1.54, 1.807) is 0 Å². The Balaban J connectivity index is 1.15. The van der Waals surface area contributed by atoms with E-state index in [9.17, 15) is 4.79 Å². The number of amides is 1. The van der Waals surface area contributed by atoms with Crippen LogP contribution in [0.3, 0.4) is 0 Å². The van der Waals surface area contributed by atoms with Gasteiger partial charge in [-0.15, -0.1) is 0 Å². The highest BCUT2D eigenvalue weighted by atomic mass is 16.7. The van der Waals surface area contributed by atoms with Crippen molar-refractivity contribution in [2.45, 2.75) is 57.7 Å². The standard InChI is InChI=1S/C19H32N2O3/c22-18(21-8-2-3-9-21)16-15-19(16)6-10-20(11-7-19)12-14-24-17-5-1-4-13-23-17/h16-17H,1-15H2/t16-,17+/m0/s1. The van der Waals surface area contributed by atoms with E-state index in [4.69, 9.17) is 9.47 Å². The van der Waals surface area contributed by atoms with Crippen molar-refractivity contribution >= 4 is 5.91 Å². The second-order valence-corrected chi connectivity index (χ2v) is 8.16. The van der Waals surface area contributed by atoms with Crippen LogP contribution >= 0.6 is 0 Å². The Morgan fingerprint density at radius 1 is 1.08 bits per heavy atom. The lowest BCUT2D eigenvalue weighted by Crippen LogP contribution is -2.39. The van der Waals surface area contributed by atoms with Crippen LogP contribution in [0.2, 0.25) is 0 Å². The molecule has 4 aliphatic rings. The third-order valence-electron chi connectivity index (χ3n) is 6.61. The second-order valence-electron chi connectivity index (χ2n) is 8.16. The number of carbonyl (C=O) groups is 1. The molecule has 0 N–H and O–H groups in total. The Morgan fingerprint density at radius 2 is 1.88 bits per heavy atom. The maximum Gasteiger partial charge on any atom is 0.226 e. The molecule has 0 bridgehead atoms. The maximum atomic E-state index is 12.6. The summed E-state index contributed by atoms with van der Waals surface area (Å²) in [4.78, 5) is 17.2. The topological polar surface area (TPSA) is 42.0 Å².